The van der Waals surface area contributed by atoms with Gasteiger partial charge in [-0.2, -0.15) is 13.2 Å². The number of nitrogens with two attached hydrogens (primary N) is 1. The number of halogens is 5. The van der Waals surface area contributed by atoms with Crippen LogP contribution in [0.15, 0.2) is 18.2 Å². The van der Waals surface area contributed by atoms with Crippen LogP contribution in [0.1, 0.15) is 17.2 Å². The van der Waals surface area contributed by atoms with Crippen molar-refractivity contribution >= 4 is 30.0 Å². The van der Waals surface area contributed by atoms with Gasteiger partial charge < -0.3 is 10.5 Å². The zero-order valence-corrected chi connectivity index (χ0v) is 10.7. The van der Waals surface area contributed by atoms with Crippen molar-refractivity contribution in [3.63, 3.8) is 0 Å². The van der Waals surface area contributed by atoms with Crippen molar-refractivity contribution in [1.29, 1.82) is 0 Å². The summed E-state index contributed by atoms with van der Waals surface area (Å²) in [5.41, 5.74) is 4.43. The molecule has 0 unspecified atom stereocenters. The molecule has 0 amide bonds. The van der Waals surface area contributed by atoms with Crippen LogP contribution in [0, 0.1) is 0 Å². The van der Waals surface area contributed by atoms with Crippen molar-refractivity contribution in [3.8, 4) is 0 Å². The highest BCUT2D eigenvalue weighted by molar-refractivity contribution is 6.30. The van der Waals surface area contributed by atoms with E-state index in [1.165, 1.54) is 6.07 Å². The van der Waals surface area contributed by atoms with Gasteiger partial charge in [0.1, 0.15) is 6.04 Å². The molecule has 0 aliphatic rings. The van der Waals surface area contributed by atoms with Crippen molar-refractivity contribution in [1.82, 2.24) is 0 Å². The summed E-state index contributed by atoms with van der Waals surface area (Å²) < 4.78 is 41.8. The number of esters is 1. The van der Waals surface area contributed by atoms with Crippen LogP contribution in [-0.2, 0) is 15.7 Å². The van der Waals surface area contributed by atoms with Crippen LogP contribution in [0.3, 0.4) is 0 Å². The summed E-state index contributed by atoms with van der Waals surface area (Å²) in [6.45, 7) is 0. The molecule has 1 aromatic carbocycles. The van der Waals surface area contributed by atoms with Gasteiger partial charge in [0.2, 0.25) is 0 Å². The Bertz CT molecular complexity index is 438. The van der Waals surface area contributed by atoms with E-state index in [9.17, 15) is 18.0 Å². The van der Waals surface area contributed by atoms with Gasteiger partial charge >= 0.3 is 12.1 Å². The summed E-state index contributed by atoms with van der Waals surface area (Å²) in [5, 5.41) is -0.144. The van der Waals surface area contributed by atoms with Crippen LogP contribution in [-0.4, -0.2) is 13.1 Å². The summed E-state index contributed by atoms with van der Waals surface area (Å²) in [7, 11) is 1.09. The molecule has 102 valence electrons. The monoisotopic (exact) mass is 303 g/mol. The lowest BCUT2D eigenvalue weighted by Gasteiger charge is -2.13. The van der Waals surface area contributed by atoms with E-state index in [0.29, 0.717) is 0 Å². The summed E-state index contributed by atoms with van der Waals surface area (Å²) >= 11 is 5.54. The van der Waals surface area contributed by atoms with E-state index in [1.54, 1.807) is 0 Å². The molecule has 3 nitrogen and oxygen atoms in total. The average molecular weight is 304 g/mol. The predicted octanol–water partition coefficient (Wildman–Crippen LogP) is 2.95. The molecule has 0 aliphatic carbocycles. The van der Waals surface area contributed by atoms with Crippen molar-refractivity contribution < 1.29 is 22.7 Å². The van der Waals surface area contributed by atoms with Crippen molar-refractivity contribution in [2.24, 2.45) is 5.73 Å². The van der Waals surface area contributed by atoms with Crippen LogP contribution >= 0.6 is 24.0 Å². The predicted molar refractivity (Wildman–Crippen MR) is 62.6 cm³/mol. The van der Waals surface area contributed by atoms with Gasteiger partial charge in [-0.05, 0) is 23.8 Å². The fourth-order valence-corrected chi connectivity index (χ4v) is 1.46. The largest absolute Gasteiger partial charge is 0.468 e. The smallest absolute Gasteiger partial charge is 0.416 e. The Kier molecular flexibility index (Phi) is 5.92. The zero-order valence-electron chi connectivity index (χ0n) is 9.12. The van der Waals surface area contributed by atoms with Gasteiger partial charge in [0.05, 0.1) is 12.7 Å². The van der Waals surface area contributed by atoms with Crippen molar-refractivity contribution in [2.75, 3.05) is 7.11 Å². The first-order valence-electron chi connectivity index (χ1n) is 4.47. The van der Waals surface area contributed by atoms with Gasteiger partial charge in [-0.15, -0.1) is 12.4 Å². The van der Waals surface area contributed by atoms with E-state index in [-0.39, 0.29) is 23.0 Å². The van der Waals surface area contributed by atoms with Crippen molar-refractivity contribution in [2.45, 2.75) is 12.2 Å². The molecule has 1 atom stereocenters. The third-order valence-electron chi connectivity index (χ3n) is 2.06. The Morgan fingerprint density at radius 3 is 2.39 bits per heavy atom. The number of rotatable bonds is 2. The molecule has 0 aromatic heterocycles. The molecule has 0 spiro atoms. The lowest BCUT2D eigenvalue weighted by Crippen LogP contribution is -2.23. The molecule has 0 fully saturated rings. The van der Waals surface area contributed by atoms with Crippen molar-refractivity contribution in [3.05, 3.63) is 34.3 Å². The zero-order chi connectivity index (χ0) is 13.2. The maximum absolute atomic E-state index is 12.5. The first-order chi connectivity index (χ1) is 7.75. The van der Waals surface area contributed by atoms with Crippen LogP contribution in [0.5, 0.6) is 0 Å². The van der Waals surface area contributed by atoms with Gasteiger partial charge in [0.25, 0.3) is 0 Å². The summed E-state index contributed by atoms with van der Waals surface area (Å²) in [5.74, 6) is -0.833. The second-order valence-corrected chi connectivity index (χ2v) is 3.71. The number of carbonyl (C=O) groups excluding carboxylic acids is 1. The fraction of sp³-hybridized carbons (Fsp3) is 0.300. The number of hydrogen-bond acceptors (Lipinski definition) is 3. The standard InChI is InChI=1S/C10H9ClF3NO2.ClH/c1-17-9(16)8(15)5-2-6(10(12,13)14)4-7(11)3-5;/h2-4,8H,15H2,1H3;1H/t8-;/m1./s1. The number of alkyl halides is 3. The number of benzene rings is 1. The maximum Gasteiger partial charge on any atom is 0.416 e. The second-order valence-electron chi connectivity index (χ2n) is 3.27. The van der Waals surface area contributed by atoms with E-state index >= 15 is 0 Å². The topological polar surface area (TPSA) is 52.3 Å². The minimum Gasteiger partial charge on any atom is -0.468 e. The molecular weight excluding hydrogens is 294 g/mol. The number of carbonyl (C=O) groups is 1. The Morgan fingerprint density at radius 1 is 1.39 bits per heavy atom. The molecule has 0 bridgehead atoms. The number of ether oxygens (including phenoxy) is 1. The molecule has 8 heteroatoms. The van der Waals surface area contributed by atoms with Crippen LogP contribution in [0.2, 0.25) is 5.02 Å². The van der Waals surface area contributed by atoms with E-state index in [1.807, 2.05) is 0 Å². The Balaban J connectivity index is 0.00000289. The molecule has 2 N–H and O–H groups in total. The SMILES string of the molecule is COC(=O)[C@H](N)c1cc(Cl)cc(C(F)(F)F)c1.Cl. The second kappa shape index (κ2) is 6.26. The average Bonchev–Trinajstić information content (AvgIpc) is 2.25. The quantitative estimate of drug-likeness (QED) is 0.855. The van der Waals surface area contributed by atoms with Gasteiger partial charge in [-0.1, -0.05) is 11.6 Å². The highest BCUT2D eigenvalue weighted by Gasteiger charge is 2.32. The van der Waals surface area contributed by atoms with E-state index in [2.05, 4.69) is 4.74 Å². The lowest BCUT2D eigenvalue weighted by molar-refractivity contribution is -0.143. The molecular formula is C10H10Cl2F3NO2. The molecule has 0 saturated heterocycles. The van der Waals surface area contributed by atoms with Crippen LogP contribution < -0.4 is 5.73 Å². The number of hydrogen-bond donors (Lipinski definition) is 1. The maximum atomic E-state index is 12.5. The Morgan fingerprint density at radius 2 is 1.94 bits per heavy atom. The molecule has 18 heavy (non-hydrogen) atoms. The molecule has 0 aliphatic heterocycles. The summed E-state index contributed by atoms with van der Waals surface area (Å²) in [6, 6.07) is 1.43. The molecule has 1 rings (SSSR count). The van der Waals surface area contributed by atoms with E-state index < -0.39 is 23.8 Å². The molecule has 0 radical (unpaired) electrons. The first kappa shape index (κ1) is 17.0. The van der Waals surface area contributed by atoms with Gasteiger partial charge in [-0.25, -0.2) is 0 Å². The normalized spacial score (nSPS) is 12.6. The summed E-state index contributed by atoms with van der Waals surface area (Å²) in [6.07, 6.45) is -4.55. The molecule has 1 aromatic rings. The van der Waals surface area contributed by atoms with Gasteiger partial charge in [-0.3, -0.25) is 4.79 Å². The third kappa shape index (κ3) is 4.04. The third-order valence-corrected chi connectivity index (χ3v) is 2.28. The lowest BCUT2D eigenvalue weighted by atomic mass is 10.0. The highest BCUT2D eigenvalue weighted by atomic mass is 35.5. The Hall–Kier alpha value is -0.980. The van der Waals surface area contributed by atoms with Gasteiger partial charge in [0.15, 0.2) is 0 Å². The van der Waals surface area contributed by atoms with E-state index in [0.717, 1.165) is 19.2 Å². The Labute approximate surface area is 112 Å². The summed E-state index contributed by atoms with van der Waals surface area (Å²) in [4.78, 5) is 11.1. The molecule has 0 saturated carbocycles. The van der Waals surface area contributed by atoms with Crippen LogP contribution in [0.4, 0.5) is 13.2 Å². The fourth-order valence-electron chi connectivity index (χ4n) is 1.22. The van der Waals surface area contributed by atoms with Crippen LogP contribution in [0.25, 0.3) is 0 Å². The molecule has 0 heterocycles. The highest BCUT2D eigenvalue weighted by Crippen LogP contribution is 2.33. The number of methoxy groups -OCH3 is 1. The first-order valence-corrected chi connectivity index (χ1v) is 4.84. The van der Waals surface area contributed by atoms with Gasteiger partial charge in [0, 0.05) is 5.02 Å². The minimum atomic E-state index is -4.55. The minimum absolute atomic E-state index is 0. The van der Waals surface area contributed by atoms with E-state index in [4.69, 9.17) is 17.3 Å².